The van der Waals surface area contributed by atoms with E-state index >= 15 is 0 Å². The molecule has 0 saturated heterocycles. The van der Waals surface area contributed by atoms with Crippen molar-refractivity contribution in [2.45, 2.75) is 5.88 Å². The highest BCUT2D eigenvalue weighted by Gasteiger charge is 1.99. The molecule has 0 aromatic carbocycles. The molecule has 10 heavy (non-hydrogen) atoms. The van der Waals surface area contributed by atoms with E-state index in [1.54, 1.807) is 0 Å². The molecule has 0 N–H and O–H groups in total. The van der Waals surface area contributed by atoms with Crippen LogP contribution in [0.5, 0.6) is 0 Å². The van der Waals surface area contributed by atoms with Crippen molar-refractivity contribution < 1.29 is 4.39 Å². The second-order valence-electron chi connectivity index (χ2n) is 1.58. The maximum absolute atomic E-state index is 12.3. The van der Waals surface area contributed by atoms with Crippen LogP contribution in [0.3, 0.4) is 0 Å². The fraction of sp³-hybridized carbons (Fsp3) is 0.200. The van der Waals surface area contributed by atoms with E-state index in [-0.39, 0.29) is 11.2 Å². The van der Waals surface area contributed by atoms with Gasteiger partial charge in [0, 0.05) is 6.07 Å². The van der Waals surface area contributed by atoms with E-state index < -0.39 is 5.95 Å². The summed E-state index contributed by atoms with van der Waals surface area (Å²) in [6.07, 6.45) is 0. The Morgan fingerprint density at radius 2 is 2.20 bits per heavy atom. The van der Waals surface area contributed by atoms with Crippen LogP contribution in [-0.2, 0) is 5.88 Å². The molecule has 5 heteroatoms. The molecule has 0 unspecified atom stereocenters. The van der Waals surface area contributed by atoms with Gasteiger partial charge < -0.3 is 0 Å². The number of aromatic nitrogens is 2. The van der Waals surface area contributed by atoms with Gasteiger partial charge in [0.2, 0.25) is 11.2 Å². The third kappa shape index (κ3) is 1.78. The summed E-state index contributed by atoms with van der Waals surface area (Å²) in [4.78, 5) is 6.85. The summed E-state index contributed by atoms with van der Waals surface area (Å²) in [7, 11) is 0. The Morgan fingerprint density at radius 1 is 1.50 bits per heavy atom. The third-order valence-electron chi connectivity index (χ3n) is 0.858. The molecule has 1 rings (SSSR count). The largest absolute Gasteiger partial charge is 0.225 e. The highest BCUT2D eigenvalue weighted by molar-refractivity contribution is 6.28. The third-order valence-corrected chi connectivity index (χ3v) is 1.30. The number of rotatable bonds is 1. The molecule has 0 spiro atoms. The highest BCUT2D eigenvalue weighted by atomic mass is 35.5. The normalized spacial score (nSPS) is 9.90. The van der Waals surface area contributed by atoms with Gasteiger partial charge in [0.15, 0.2) is 0 Å². The summed E-state index contributed by atoms with van der Waals surface area (Å²) >= 11 is 10.7. The molecular formula is C5H3Cl2FN2. The van der Waals surface area contributed by atoms with E-state index in [1.165, 1.54) is 0 Å². The van der Waals surface area contributed by atoms with Crippen LogP contribution < -0.4 is 0 Å². The van der Waals surface area contributed by atoms with Crippen molar-refractivity contribution in [2.75, 3.05) is 0 Å². The van der Waals surface area contributed by atoms with Crippen molar-refractivity contribution in [1.29, 1.82) is 0 Å². The van der Waals surface area contributed by atoms with Crippen molar-refractivity contribution in [2.24, 2.45) is 0 Å². The first-order valence-electron chi connectivity index (χ1n) is 2.47. The van der Waals surface area contributed by atoms with E-state index in [0.717, 1.165) is 6.07 Å². The number of hydrogen-bond acceptors (Lipinski definition) is 2. The summed E-state index contributed by atoms with van der Waals surface area (Å²) in [5.41, 5.74) is 0.388. The summed E-state index contributed by atoms with van der Waals surface area (Å²) < 4.78 is 12.3. The summed E-state index contributed by atoms with van der Waals surface area (Å²) in [5, 5.41) is -0.115. The molecule has 1 aromatic rings. The lowest BCUT2D eigenvalue weighted by Gasteiger charge is -1.93. The van der Waals surface area contributed by atoms with Crippen LogP contribution in [0.2, 0.25) is 5.28 Å². The molecule has 0 bridgehead atoms. The van der Waals surface area contributed by atoms with Gasteiger partial charge in [-0.05, 0) is 11.6 Å². The van der Waals surface area contributed by atoms with Gasteiger partial charge in [-0.25, -0.2) is 4.98 Å². The first kappa shape index (κ1) is 7.69. The van der Waals surface area contributed by atoms with E-state index in [4.69, 9.17) is 23.2 Å². The monoisotopic (exact) mass is 180 g/mol. The van der Waals surface area contributed by atoms with Crippen LogP contribution in [0, 0.1) is 5.95 Å². The zero-order valence-electron chi connectivity index (χ0n) is 4.81. The Balaban J connectivity index is 3.06. The summed E-state index contributed by atoms with van der Waals surface area (Å²) in [6.45, 7) is 0. The van der Waals surface area contributed by atoms with Gasteiger partial charge in [0.1, 0.15) is 0 Å². The Labute approximate surface area is 67.0 Å². The van der Waals surface area contributed by atoms with Gasteiger partial charge in [-0.3, -0.25) is 0 Å². The molecule has 0 aliphatic rings. The van der Waals surface area contributed by atoms with Crippen LogP contribution in [0.4, 0.5) is 4.39 Å². The van der Waals surface area contributed by atoms with Crippen molar-refractivity contribution >= 4 is 23.2 Å². The van der Waals surface area contributed by atoms with Crippen molar-refractivity contribution in [3.05, 3.63) is 23.0 Å². The summed E-state index contributed by atoms with van der Waals surface area (Å²) in [5.74, 6) is -0.519. The van der Waals surface area contributed by atoms with Gasteiger partial charge >= 0.3 is 0 Å². The minimum absolute atomic E-state index is 0.115. The smallest absolute Gasteiger partial charge is 0.222 e. The minimum Gasteiger partial charge on any atom is -0.222 e. The molecule has 54 valence electrons. The average Bonchev–Trinajstić information content (AvgIpc) is 1.85. The maximum Gasteiger partial charge on any atom is 0.225 e. The topological polar surface area (TPSA) is 25.8 Å². The van der Waals surface area contributed by atoms with Gasteiger partial charge in [-0.2, -0.15) is 9.37 Å². The van der Waals surface area contributed by atoms with Crippen molar-refractivity contribution in [3.63, 3.8) is 0 Å². The molecule has 0 aliphatic carbocycles. The highest BCUT2D eigenvalue weighted by Crippen LogP contribution is 2.06. The first-order chi connectivity index (χ1) is 4.72. The zero-order valence-corrected chi connectivity index (χ0v) is 6.32. The van der Waals surface area contributed by atoms with Crippen LogP contribution in [-0.4, -0.2) is 9.97 Å². The first-order valence-corrected chi connectivity index (χ1v) is 3.38. The van der Waals surface area contributed by atoms with Gasteiger partial charge in [0.25, 0.3) is 0 Å². The second-order valence-corrected chi connectivity index (χ2v) is 2.19. The molecule has 1 aromatic heterocycles. The summed E-state index contributed by atoms with van der Waals surface area (Å²) in [6, 6.07) is 1.14. The van der Waals surface area contributed by atoms with Gasteiger partial charge in [-0.1, -0.05) is 0 Å². The number of nitrogens with zero attached hydrogens (tertiary/aromatic N) is 2. The Morgan fingerprint density at radius 3 is 2.70 bits per heavy atom. The predicted molar refractivity (Wildman–Crippen MR) is 36.6 cm³/mol. The lowest BCUT2D eigenvalue weighted by molar-refractivity contribution is 0.577. The van der Waals surface area contributed by atoms with E-state index in [2.05, 4.69) is 9.97 Å². The molecule has 2 nitrogen and oxygen atoms in total. The Bertz CT molecular complexity index is 221. The maximum atomic E-state index is 12.3. The molecule has 0 saturated carbocycles. The molecule has 1 heterocycles. The molecular weight excluding hydrogens is 178 g/mol. The number of halogens is 3. The molecule has 0 aliphatic heterocycles. The van der Waals surface area contributed by atoms with E-state index in [0.29, 0.717) is 5.69 Å². The molecule has 0 radical (unpaired) electrons. The van der Waals surface area contributed by atoms with Crippen molar-refractivity contribution in [1.82, 2.24) is 9.97 Å². The standard InChI is InChI=1S/C5H3Cl2FN2/c6-2-3-1-4(8)10-5(7)9-3/h1H,2H2. The molecule has 0 atom stereocenters. The van der Waals surface area contributed by atoms with E-state index in [1.807, 2.05) is 0 Å². The fourth-order valence-electron chi connectivity index (χ4n) is 0.502. The Kier molecular flexibility index (Phi) is 2.40. The van der Waals surface area contributed by atoms with E-state index in [9.17, 15) is 4.39 Å². The quantitative estimate of drug-likeness (QED) is 0.376. The van der Waals surface area contributed by atoms with Gasteiger partial charge in [-0.15, -0.1) is 11.6 Å². The van der Waals surface area contributed by atoms with Crippen LogP contribution in [0.15, 0.2) is 6.07 Å². The second kappa shape index (κ2) is 3.12. The van der Waals surface area contributed by atoms with Crippen LogP contribution in [0.1, 0.15) is 5.69 Å². The minimum atomic E-state index is -0.657. The molecule has 0 amide bonds. The SMILES string of the molecule is Fc1cc(CCl)nc(Cl)n1. The number of alkyl halides is 1. The number of hydrogen-bond donors (Lipinski definition) is 0. The Hall–Kier alpha value is -0.410. The average molecular weight is 181 g/mol. The lowest BCUT2D eigenvalue weighted by Crippen LogP contribution is -1.92. The van der Waals surface area contributed by atoms with Crippen LogP contribution >= 0.6 is 23.2 Å². The molecule has 0 fully saturated rings. The zero-order chi connectivity index (χ0) is 7.56. The van der Waals surface area contributed by atoms with Gasteiger partial charge in [0.05, 0.1) is 11.6 Å². The predicted octanol–water partition coefficient (Wildman–Crippen LogP) is 2.01. The van der Waals surface area contributed by atoms with Crippen LogP contribution in [0.25, 0.3) is 0 Å². The lowest BCUT2D eigenvalue weighted by atomic mass is 10.4. The fourth-order valence-corrected chi connectivity index (χ4v) is 0.828. The van der Waals surface area contributed by atoms with Crippen molar-refractivity contribution in [3.8, 4) is 0 Å².